The molecule has 9 amide bonds. The summed E-state index contributed by atoms with van der Waals surface area (Å²) in [5, 5.41) is 32.9. The molecule has 0 spiro atoms. The van der Waals surface area contributed by atoms with E-state index in [4.69, 9.17) is 31.4 Å². The van der Waals surface area contributed by atoms with Gasteiger partial charge in [-0.15, -0.1) is 0 Å². The molecule has 8 rings (SSSR count). The predicted octanol–water partition coefficient (Wildman–Crippen LogP) is 8.11. The van der Waals surface area contributed by atoms with Crippen molar-refractivity contribution in [3.63, 3.8) is 0 Å². The molecule has 87 heavy (non-hydrogen) atoms. The summed E-state index contributed by atoms with van der Waals surface area (Å²) >= 11 is 0. The number of nitrogens with zero attached hydrogens (tertiary/aromatic N) is 2. The van der Waals surface area contributed by atoms with E-state index in [1.54, 1.807) is 71.3 Å². The number of carbonyl (C=O) groups excluding carboxylic acids is 7. The number of aliphatic hydroxyl groups is 2. The van der Waals surface area contributed by atoms with E-state index in [1.165, 1.54) is 9.80 Å². The van der Waals surface area contributed by atoms with Crippen LogP contribution in [0.15, 0.2) is 133 Å². The molecule has 0 fully saturated rings. The number of alkyl carbamates (subject to hydrolysis) is 1. The first kappa shape index (κ1) is 65.0. The van der Waals surface area contributed by atoms with Crippen molar-refractivity contribution < 1.29 is 58.0 Å². The molecule has 2 aliphatic rings. The van der Waals surface area contributed by atoms with Gasteiger partial charge in [0.15, 0.2) is 0 Å². The van der Waals surface area contributed by atoms with Gasteiger partial charge in [-0.3, -0.25) is 9.59 Å². The Hall–Kier alpha value is -9.51. The quantitative estimate of drug-likeness (QED) is 0.0214. The number of amides is 9. The van der Waals surface area contributed by atoms with Crippen LogP contribution in [-0.4, -0.2) is 120 Å². The maximum absolute atomic E-state index is 13.3. The monoisotopic (exact) mass is 1190 g/mol. The summed E-state index contributed by atoms with van der Waals surface area (Å²) in [5.74, 6) is -1.03. The van der Waals surface area contributed by atoms with Gasteiger partial charge in [0.1, 0.15) is 24.9 Å². The van der Waals surface area contributed by atoms with E-state index >= 15 is 0 Å². The van der Waals surface area contributed by atoms with Crippen LogP contribution >= 0.6 is 0 Å². The van der Waals surface area contributed by atoms with E-state index in [2.05, 4.69) is 75.1 Å². The number of carbonyl (C=O) groups is 7. The maximum atomic E-state index is 13.3. The first-order valence-corrected chi connectivity index (χ1v) is 28.7. The van der Waals surface area contributed by atoms with E-state index in [-0.39, 0.29) is 70.2 Å². The molecule has 0 saturated carbocycles. The fraction of sp³-hybridized carbons (Fsp3) is 0.338. The van der Waals surface area contributed by atoms with Gasteiger partial charge in [-0.05, 0) is 137 Å². The van der Waals surface area contributed by atoms with Gasteiger partial charge < -0.3 is 78.0 Å². The number of anilines is 2. The number of urea groups is 2. The zero-order valence-electron chi connectivity index (χ0n) is 49.6. The van der Waals surface area contributed by atoms with Gasteiger partial charge in [0, 0.05) is 63.5 Å². The minimum atomic E-state index is -0.982. The molecule has 6 aromatic carbocycles. The van der Waals surface area contributed by atoms with Crippen molar-refractivity contribution in [1.29, 1.82) is 0 Å². The summed E-state index contributed by atoms with van der Waals surface area (Å²) in [6.07, 6.45) is -0.381. The number of hydrogen-bond acceptors (Lipinski definition) is 13. The third-order valence-electron chi connectivity index (χ3n) is 14.7. The van der Waals surface area contributed by atoms with E-state index in [9.17, 15) is 43.8 Å². The highest BCUT2D eigenvalue weighted by atomic mass is 16.6. The molecule has 22 heteroatoms. The number of primary amides is 2. The highest BCUT2D eigenvalue weighted by molar-refractivity contribution is 5.97. The number of aliphatic hydroxyl groups excluding tert-OH is 2. The molecular weight excluding hydrogens is 1110 g/mol. The lowest BCUT2D eigenvalue weighted by Crippen LogP contribution is -2.46. The zero-order valence-corrected chi connectivity index (χ0v) is 49.6. The molecule has 6 aromatic rings. The van der Waals surface area contributed by atoms with Crippen LogP contribution in [0.1, 0.15) is 103 Å². The first-order valence-electron chi connectivity index (χ1n) is 28.7. The van der Waals surface area contributed by atoms with Gasteiger partial charge in [-0.25, -0.2) is 24.0 Å². The number of rotatable bonds is 23. The summed E-state index contributed by atoms with van der Waals surface area (Å²) in [6.45, 7) is 5.81. The van der Waals surface area contributed by atoms with Crippen LogP contribution in [0.5, 0.6) is 0 Å². The largest absolute Gasteiger partial charge is 0.448 e. The molecule has 0 unspecified atom stereocenters. The minimum absolute atomic E-state index is 0.0490. The normalized spacial score (nSPS) is 12.7. The number of hydrogen-bond donors (Lipinski definition) is 10. The van der Waals surface area contributed by atoms with Gasteiger partial charge in [-0.1, -0.05) is 109 Å². The molecule has 2 aliphatic carbocycles. The Morgan fingerprint density at radius 1 is 0.540 bits per heavy atom. The molecule has 0 bridgehead atoms. The van der Waals surface area contributed by atoms with Crippen molar-refractivity contribution in [3.8, 4) is 22.3 Å². The molecule has 0 radical (unpaired) electrons. The lowest BCUT2D eigenvalue weighted by molar-refractivity contribution is -0.118. The SMILES string of the molecule is CN(Cc1cc(NC(=O)[C@@H](N)CCCNC(N)=O)ccc1CO)C(=O)OCC1c2ccccc2-c2ccccc21.CN(Cc1cc(NC(=O)[C@H](CCCNC(N)=O)NC(=O)OC(C)(C)C)ccc1CO)C(=O)OCC1c2ccccc2-c2ccccc21. The topological polar surface area (TPSA) is 332 Å². The number of fused-ring (bicyclic) bond motifs is 6. The number of benzene rings is 6. The Morgan fingerprint density at radius 3 is 1.30 bits per heavy atom. The van der Waals surface area contributed by atoms with Crippen molar-refractivity contribution >= 4 is 53.5 Å². The van der Waals surface area contributed by atoms with Crippen molar-refractivity contribution in [1.82, 2.24) is 25.8 Å². The van der Waals surface area contributed by atoms with E-state index in [0.717, 1.165) is 44.5 Å². The molecule has 0 saturated heterocycles. The highest BCUT2D eigenvalue weighted by Gasteiger charge is 2.32. The average molecular weight is 1190 g/mol. The number of ether oxygens (including phenoxy) is 3. The zero-order chi connectivity index (χ0) is 62.8. The molecule has 2 atom stereocenters. The highest BCUT2D eigenvalue weighted by Crippen LogP contribution is 2.46. The third kappa shape index (κ3) is 18.0. The molecule has 460 valence electrons. The molecular formula is C65H78N10O12. The second kappa shape index (κ2) is 30.5. The Labute approximate surface area is 506 Å². The summed E-state index contributed by atoms with van der Waals surface area (Å²) in [4.78, 5) is 89.0. The number of nitrogens with one attached hydrogen (secondary N) is 5. The van der Waals surface area contributed by atoms with E-state index in [0.29, 0.717) is 59.4 Å². The van der Waals surface area contributed by atoms with Crippen LogP contribution in [0, 0.1) is 0 Å². The summed E-state index contributed by atoms with van der Waals surface area (Å²) in [5.41, 5.74) is 27.8. The van der Waals surface area contributed by atoms with Gasteiger partial charge in [0.2, 0.25) is 11.8 Å². The Balaban J connectivity index is 0.000000252. The standard InChI is InChI=1S/C35H43N5O7.C30H35N5O5/c1-35(2,3)47-33(44)39-30(14-9-17-37-32(36)43)31(42)38-24-16-15-22(20-41)23(18-24)19-40(4)34(45)46-21-29-27-12-7-5-10-25(27)26-11-6-8-13-28(26)29;1-35(30(39)40-18-26-24-9-4-2-7-22(24)23-8-3-5-10-25(23)26)16-20-15-21(13-12-19(20)17-36)34-28(37)27(31)11-6-14-33-29(32)38/h5-8,10-13,15-16,18,29-30,41H,9,14,17,19-21H2,1-4H3,(H,38,42)(H,39,44)(H3,36,37,43);2-5,7-10,12-13,15,26-27,36H,6,11,14,16-18,31H2,1H3,(H,34,37)(H3,32,33,38)/t30-;27-/m00/s1. The smallest absolute Gasteiger partial charge is 0.409 e. The van der Waals surface area contributed by atoms with Crippen molar-refractivity contribution in [2.24, 2.45) is 17.2 Å². The molecule has 13 N–H and O–H groups in total. The second-order valence-corrected chi connectivity index (χ2v) is 22.3. The minimum Gasteiger partial charge on any atom is -0.448 e. The lowest BCUT2D eigenvalue weighted by Gasteiger charge is -2.24. The van der Waals surface area contributed by atoms with Crippen molar-refractivity contribution in [2.75, 3.05) is 51.0 Å². The summed E-state index contributed by atoms with van der Waals surface area (Å²) in [6, 6.07) is 39.4. The van der Waals surface area contributed by atoms with E-state index in [1.807, 2.05) is 48.5 Å². The van der Waals surface area contributed by atoms with Crippen LogP contribution in [0.25, 0.3) is 22.3 Å². The van der Waals surface area contributed by atoms with Gasteiger partial charge in [-0.2, -0.15) is 0 Å². The first-order chi connectivity index (χ1) is 41.6. The second-order valence-electron chi connectivity index (χ2n) is 22.3. The van der Waals surface area contributed by atoms with Crippen molar-refractivity contribution in [3.05, 3.63) is 178 Å². The Kier molecular flexibility index (Phi) is 22.8. The fourth-order valence-electron chi connectivity index (χ4n) is 10.4. The Bertz CT molecular complexity index is 3330. The average Bonchev–Trinajstić information content (AvgIpc) is 1.86. The third-order valence-corrected chi connectivity index (χ3v) is 14.7. The number of nitrogens with two attached hydrogens (primary N) is 3. The summed E-state index contributed by atoms with van der Waals surface area (Å²) in [7, 11) is 3.23. The molecule has 0 aromatic heterocycles. The van der Waals surface area contributed by atoms with Crippen LogP contribution in [0.3, 0.4) is 0 Å². The lowest BCUT2D eigenvalue weighted by atomic mass is 9.98. The molecule has 22 nitrogen and oxygen atoms in total. The molecule has 0 aliphatic heterocycles. The maximum Gasteiger partial charge on any atom is 0.409 e. The van der Waals surface area contributed by atoms with Crippen molar-refractivity contribution in [2.45, 2.75) is 102 Å². The van der Waals surface area contributed by atoms with Gasteiger partial charge in [0.25, 0.3) is 0 Å². The van der Waals surface area contributed by atoms with Gasteiger partial charge in [0.05, 0.1) is 19.3 Å². The van der Waals surface area contributed by atoms with Crippen LogP contribution < -0.4 is 43.8 Å². The van der Waals surface area contributed by atoms with Gasteiger partial charge >= 0.3 is 30.3 Å². The fourth-order valence-corrected chi connectivity index (χ4v) is 10.4. The predicted molar refractivity (Wildman–Crippen MR) is 330 cm³/mol. The van der Waals surface area contributed by atoms with Crippen LogP contribution in [0.4, 0.5) is 35.3 Å². The van der Waals surface area contributed by atoms with Crippen LogP contribution in [0.2, 0.25) is 0 Å². The summed E-state index contributed by atoms with van der Waals surface area (Å²) < 4.78 is 16.8. The Morgan fingerprint density at radius 2 is 0.920 bits per heavy atom. The molecule has 0 heterocycles. The van der Waals surface area contributed by atoms with E-state index < -0.39 is 53.9 Å². The van der Waals surface area contributed by atoms with Crippen LogP contribution in [-0.2, 0) is 50.1 Å².